The zero-order chi connectivity index (χ0) is 11.3. The summed E-state index contributed by atoms with van der Waals surface area (Å²) in [6, 6.07) is 0. The molecule has 1 aromatic rings. The molecule has 1 N–H and O–H groups in total. The van der Waals surface area contributed by atoms with E-state index in [1.807, 2.05) is 6.92 Å². The summed E-state index contributed by atoms with van der Waals surface area (Å²) >= 11 is 8.60. The summed E-state index contributed by atoms with van der Waals surface area (Å²) in [5.74, 6) is 0.800. The lowest BCUT2D eigenvalue weighted by molar-refractivity contribution is 0.128. The van der Waals surface area contributed by atoms with Gasteiger partial charge in [0.15, 0.2) is 0 Å². The van der Waals surface area contributed by atoms with Crippen LogP contribution in [0.25, 0.3) is 0 Å². The van der Waals surface area contributed by atoms with E-state index >= 15 is 0 Å². The van der Waals surface area contributed by atoms with E-state index in [2.05, 4.69) is 32.8 Å². The predicted octanol–water partition coefficient (Wildman–Crippen LogP) is 3.39. The summed E-state index contributed by atoms with van der Waals surface area (Å²) in [6.45, 7) is 5.26. The third-order valence-electron chi connectivity index (χ3n) is 1.93. The van der Waals surface area contributed by atoms with Crippen LogP contribution in [0.2, 0.25) is 0 Å². The average molecular weight is 291 g/mol. The van der Waals surface area contributed by atoms with E-state index in [0.29, 0.717) is 17.9 Å². The first-order chi connectivity index (χ1) is 7.19. The second kappa shape index (κ2) is 6.35. The van der Waals surface area contributed by atoms with E-state index in [4.69, 9.17) is 17.0 Å². The highest BCUT2D eigenvalue weighted by Gasteiger charge is 2.05. The highest BCUT2D eigenvalue weighted by Crippen LogP contribution is 2.17. The Labute approximate surface area is 103 Å². The Morgan fingerprint density at radius 2 is 2.20 bits per heavy atom. The van der Waals surface area contributed by atoms with Gasteiger partial charge in [0, 0.05) is 12.3 Å². The van der Waals surface area contributed by atoms with E-state index in [-0.39, 0.29) is 0 Å². The van der Waals surface area contributed by atoms with E-state index in [1.165, 1.54) is 0 Å². The number of aryl methyl sites for hydroxylation is 1. The molecule has 84 valence electrons. The van der Waals surface area contributed by atoms with Crippen LogP contribution < -0.4 is 0 Å². The largest absolute Gasteiger partial charge is 0.374 e. The zero-order valence-electron chi connectivity index (χ0n) is 8.97. The topological polar surface area (TPSA) is 37.9 Å². The van der Waals surface area contributed by atoms with Crippen molar-refractivity contribution in [2.75, 3.05) is 6.61 Å². The van der Waals surface area contributed by atoms with Gasteiger partial charge in [-0.25, -0.2) is 4.98 Å². The van der Waals surface area contributed by atoms with Crippen molar-refractivity contribution in [3.05, 3.63) is 20.6 Å². The van der Waals surface area contributed by atoms with Gasteiger partial charge in [0.1, 0.15) is 17.1 Å². The standard InChI is InChI=1S/C10H15BrN2OS/c1-3-5-7-9(11)10(15)13-8(12-7)6-14-4-2/h3-6H2,1-2H3,(H,12,13,15). The summed E-state index contributed by atoms with van der Waals surface area (Å²) < 4.78 is 6.80. The molecule has 1 aromatic heterocycles. The third kappa shape index (κ3) is 3.66. The predicted molar refractivity (Wildman–Crippen MR) is 66.4 cm³/mol. The second-order valence-corrected chi connectivity index (χ2v) is 4.35. The fraction of sp³-hybridized carbons (Fsp3) is 0.600. The van der Waals surface area contributed by atoms with E-state index < -0.39 is 0 Å². The first-order valence-electron chi connectivity index (χ1n) is 5.04. The molecule has 0 amide bonds. The van der Waals surface area contributed by atoms with Crippen LogP contribution >= 0.6 is 28.1 Å². The van der Waals surface area contributed by atoms with Crippen LogP contribution in [-0.2, 0) is 17.8 Å². The highest BCUT2D eigenvalue weighted by molar-refractivity contribution is 9.10. The molecule has 15 heavy (non-hydrogen) atoms. The third-order valence-corrected chi connectivity index (χ3v) is 3.34. The molecule has 0 saturated heterocycles. The molecular formula is C10H15BrN2OS. The van der Waals surface area contributed by atoms with Crippen LogP contribution in [0, 0.1) is 4.64 Å². The van der Waals surface area contributed by atoms with Crippen molar-refractivity contribution in [3.8, 4) is 0 Å². The number of ether oxygens (including phenoxy) is 1. The molecule has 1 rings (SSSR count). The average Bonchev–Trinajstić information content (AvgIpc) is 2.22. The van der Waals surface area contributed by atoms with Gasteiger partial charge in [0.2, 0.25) is 0 Å². The molecule has 0 aromatic carbocycles. The van der Waals surface area contributed by atoms with Crippen molar-refractivity contribution in [2.24, 2.45) is 0 Å². The first kappa shape index (κ1) is 12.8. The van der Waals surface area contributed by atoms with Crippen molar-refractivity contribution in [1.82, 2.24) is 9.97 Å². The van der Waals surface area contributed by atoms with Gasteiger partial charge in [0.05, 0.1) is 4.47 Å². The fourth-order valence-corrected chi connectivity index (χ4v) is 1.87. The number of nitrogens with zero attached hydrogens (tertiary/aromatic N) is 1. The minimum Gasteiger partial charge on any atom is -0.374 e. The van der Waals surface area contributed by atoms with Gasteiger partial charge in [-0.15, -0.1) is 0 Å². The van der Waals surface area contributed by atoms with E-state index in [9.17, 15) is 0 Å². The summed E-state index contributed by atoms with van der Waals surface area (Å²) in [5.41, 5.74) is 1.10. The van der Waals surface area contributed by atoms with Crippen LogP contribution in [0.3, 0.4) is 0 Å². The number of aromatic nitrogens is 2. The minimum atomic E-state index is 0.490. The molecule has 0 atom stereocenters. The first-order valence-corrected chi connectivity index (χ1v) is 6.24. The number of nitrogens with one attached hydrogen (secondary N) is 1. The maximum atomic E-state index is 5.29. The number of rotatable bonds is 5. The van der Waals surface area contributed by atoms with Crippen LogP contribution in [0.5, 0.6) is 0 Å². The van der Waals surface area contributed by atoms with Gasteiger partial charge < -0.3 is 9.72 Å². The number of H-pyrrole nitrogens is 1. The van der Waals surface area contributed by atoms with Gasteiger partial charge in [0.25, 0.3) is 0 Å². The lowest BCUT2D eigenvalue weighted by Crippen LogP contribution is -2.03. The molecule has 0 fully saturated rings. The van der Waals surface area contributed by atoms with Crippen molar-refractivity contribution < 1.29 is 4.74 Å². The highest BCUT2D eigenvalue weighted by atomic mass is 79.9. The number of hydrogen-bond acceptors (Lipinski definition) is 3. The lowest BCUT2D eigenvalue weighted by Gasteiger charge is -2.07. The molecule has 0 aliphatic heterocycles. The lowest BCUT2D eigenvalue weighted by atomic mass is 10.2. The van der Waals surface area contributed by atoms with E-state index in [1.54, 1.807) is 0 Å². The normalized spacial score (nSPS) is 10.6. The van der Waals surface area contributed by atoms with Crippen LogP contribution in [0.15, 0.2) is 4.47 Å². The SMILES string of the molecule is CCCc1[nH]c(COCC)nc(=S)c1Br. The van der Waals surface area contributed by atoms with Gasteiger partial charge in [-0.3, -0.25) is 0 Å². The Kier molecular flexibility index (Phi) is 5.42. The number of halogens is 1. The molecular weight excluding hydrogens is 276 g/mol. The molecule has 0 unspecified atom stereocenters. The molecule has 3 nitrogen and oxygen atoms in total. The molecule has 0 aliphatic rings. The Balaban J connectivity index is 2.95. The maximum Gasteiger partial charge on any atom is 0.144 e. The quantitative estimate of drug-likeness (QED) is 0.845. The molecule has 0 saturated carbocycles. The fourth-order valence-electron chi connectivity index (χ4n) is 1.25. The van der Waals surface area contributed by atoms with Gasteiger partial charge in [-0.2, -0.15) is 0 Å². The van der Waals surface area contributed by atoms with Crippen molar-refractivity contribution in [2.45, 2.75) is 33.3 Å². The van der Waals surface area contributed by atoms with Gasteiger partial charge in [-0.05, 0) is 29.3 Å². The van der Waals surface area contributed by atoms with Crippen LogP contribution in [0.4, 0.5) is 0 Å². The molecule has 0 spiro atoms. The Morgan fingerprint density at radius 3 is 2.80 bits per heavy atom. The molecule has 0 aliphatic carbocycles. The smallest absolute Gasteiger partial charge is 0.144 e. The van der Waals surface area contributed by atoms with Crippen molar-refractivity contribution >= 4 is 28.1 Å². The minimum absolute atomic E-state index is 0.490. The summed E-state index contributed by atoms with van der Waals surface area (Å²) in [6.07, 6.45) is 2.04. The van der Waals surface area contributed by atoms with Crippen LogP contribution in [0.1, 0.15) is 31.8 Å². The van der Waals surface area contributed by atoms with Gasteiger partial charge in [-0.1, -0.05) is 25.6 Å². The Morgan fingerprint density at radius 1 is 1.47 bits per heavy atom. The second-order valence-electron chi connectivity index (χ2n) is 3.17. The zero-order valence-corrected chi connectivity index (χ0v) is 11.4. The molecule has 0 bridgehead atoms. The summed E-state index contributed by atoms with van der Waals surface area (Å²) in [4.78, 5) is 7.48. The Hall–Kier alpha value is -0.260. The van der Waals surface area contributed by atoms with Gasteiger partial charge >= 0.3 is 0 Å². The number of hydrogen-bond donors (Lipinski definition) is 1. The Bertz CT molecular complexity index is 378. The molecule has 0 radical (unpaired) electrons. The maximum absolute atomic E-state index is 5.29. The van der Waals surface area contributed by atoms with E-state index in [0.717, 1.165) is 28.8 Å². The van der Waals surface area contributed by atoms with Crippen LogP contribution in [-0.4, -0.2) is 16.6 Å². The molecule has 5 heteroatoms. The summed E-state index contributed by atoms with van der Waals surface area (Å²) in [7, 11) is 0. The van der Waals surface area contributed by atoms with Crippen molar-refractivity contribution in [3.63, 3.8) is 0 Å². The summed E-state index contributed by atoms with van der Waals surface area (Å²) in [5, 5.41) is 0. The molecule has 1 heterocycles. The number of aromatic amines is 1. The monoisotopic (exact) mass is 290 g/mol. The van der Waals surface area contributed by atoms with Crippen molar-refractivity contribution in [1.29, 1.82) is 0 Å².